The van der Waals surface area contributed by atoms with E-state index in [1.807, 2.05) is 6.92 Å². The molecule has 0 heterocycles. The molecular formula is C17H14Cl2N2O4S. The lowest BCUT2D eigenvalue weighted by molar-refractivity contribution is 0.0696. The molecule has 3 N–H and O–H groups in total. The number of carboxylic acids is 1. The van der Waals surface area contributed by atoms with Crippen molar-refractivity contribution in [3.63, 3.8) is 0 Å². The Kier molecular flexibility index (Phi) is 6.42. The molecule has 2 aromatic rings. The fourth-order valence-corrected chi connectivity index (χ4v) is 2.76. The summed E-state index contributed by atoms with van der Waals surface area (Å²) >= 11 is 17.1. The van der Waals surface area contributed by atoms with Gasteiger partial charge in [-0.2, -0.15) is 0 Å². The number of carbonyl (C=O) groups excluding carboxylic acids is 1. The number of methoxy groups -OCH3 is 1. The van der Waals surface area contributed by atoms with Crippen LogP contribution in [0.4, 0.5) is 5.69 Å². The third kappa shape index (κ3) is 4.63. The minimum atomic E-state index is -1.16. The van der Waals surface area contributed by atoms with Gasteiger partial charge in [0.25, 0.3) is 5.91 Å². The summed E-state index contributed by atoms with van der Waals surface area (Å²) in [4.78, 5) is 23.4. The van der Waals surface area contributed by atoms with Crippen LogP contribution in [-0.4, -0.2) is 29.2 Å². The molecule has 9 heteroatoms. The molecule has 0 spiro atoms. The largest absolute Gasteiger partial charge is 0.493 e. The zero-order valence-electron chi connectivity index (χ0n) is 13.7. The topological polar surface area (TPSA) is 87.7 Å². The Morgan fingerprint density at radius 3 is 2.35 bits per heavy atom. The number of carboxylic acid groups (broad SMARTS) is 1. The first-order chi connectivity index (χ1) is 12.2. The number of hydrogen-bond acceptors (Lipinski definition) is 4. The number of nitrogens with one attached hydrogen (secondary N) is 2. The van der Waals surface area contributed by atoms with Crippen LogP contribution in [0.25, 0.3) is 0 Å². The van der Waals surface area contributed by atoms with Crippen LogP contribution in [-0.2, 0) is 0 Å². The van der Waals surface area contributed by atoms with Crippen molar-refractivity contribution in [1.82, 2.24) is 5.32 Å². The van der Waals surface area contributed by atoms with Crippen LogP contribution >= 0.6 is 35.4 Å². The normalized spacial score (nSPS) is 10.2. The van der Waals surface area contributed by atoms with Crippen molar-refractivity contribution in [2.45, 2.75) is 6.92 Å². The van der Waals surface area contributed by atoms with Crippen molar-refractivity contribution < 1.29 is 19.4 Å². The Morgan fingerprint density at radius 2 is 1.77 bits per heavy atom. The third-order valence-corrected chi connectivity index (χ3v) is 4.30. The number of benzene rings is 2. The van der Waals surface area contributed by atoms with Crippen molar-refractivity contribution in [2.24, 2.45) is 0 Å². The van der Waals surface area contributed by atoms with Crippen molar-refractivity contribution in [1.29, 1.82) is 0 Å². The van der Waals surface area contributed by atoms with Crippen LogP contribution in [0.2, 0.25) is 10.0 Å². The summed E-state index contributed by atoms with van der Waals surface area (Å²) in [5.74, 6) is -1.43. The van der Waals surface area contributed by atoms with Gasteiger partial charge in [0, 0.05) is 10.6 Å². The van der Waals surface area contributed by atoms with E-state index in [0.29, 0.717) is 10.6 Å². The van der Waals surface area contributed by atoms with E-state index in [4.69, 9.17) is 45.3 Å². The summed E-state index contributed by atoms with van der Waals surface area (Å²) in [6.07, 6.45) is 0. The van der Waals surface area contributed by atoms with E-state index in [1.165, 1.54) is 25.3 Å². The number of ether oxygens (including phenoxy) is 1. The molecule has 0 radical (unpaired) electrons. The Labute approximate surface area is 165 Å². The molecule has 0 bridgehead atoms. The minimum absolute atomic E-state index is 0.0522. The van der Waals surface area contributed by atoms with E-state index in [2.05, 4.69) is 10.6 Å². The fraction of sp³-hybridized carbons (Fsp3) is 0.118. The number of anilines is 1. The molecule has 0 aliphatic carbocycles. The summed E-state index contributed by atoms with van der Waals surface area (Å²) < 4.78 is 5.15. The molecule has 2 aromatic carbocycles. The zero-order valence-corrected chi connectivity index (χ0v) is 16.1. The highest BCUT2D eigenvalue weighted by atomic mass is 35.5. The van der Waals surface area contributed by atoms with Gasteiger partial charge >= 0.3 is 5.97 Å². The van der Waals surface area contributed by atoms with Crippen LogP contribution in [0.5, 0.6) is 5.75 Å². The molecule has 6 nitrogen and oxygen atoms in total. The molecule has 136 valence electrons. The minimum Gasteiger partial charge on any atom is -0.493 e. The molecule has 0 aliphatic heterocycles. The molecule has 0 unspecified atom stereocenters. The van der Waals surface area contributed by atoms with Crippen molar-refractivity contribution in [3.8, 4) is 5.75 Å². The van der Waals surface area contributed by atoms with E-state index < -0.39 is 11.9 Å². The summed E-state index contributed by atoms with van der Waals surface area (Å²) in [6, 6.07) is 7.41. The highest BCUT2D eigenvalue weighted by molar-refractivity contribution is 7.80. The van der Waals surface area contributed by atoms with Gasteiger partial charge in [0.1, 0.15) is 0 Å². The Morgan fingerprint density at radius 1 is 1.12 bits per heavy atom. The van der Waals surface area contributed by atoms with Crippen molar-refractivity contribution in [2.75, 3.05) is 12.4 Å². The van der Waals surface area contributed by atoms with Gasteiger partial charge in [0.2, 0.25) is 0 Å². The second-order valence-electron chi connectivity index (χ2n) is 5.22. The number of aryl methyl sites for hydroxylation is 1. The summed E-state index contributed by atoms with van der Waals surface area (Å²) in [5.41, 5.74) is 1.32. The summed E-state index contributed by atoms with van der Waals surface area (Å²) in [5, 5.41) is 14.8. The van der Waals surface area contributed by atoms with E-state index in [-0.39, 0.29) is 27.1 Å². The molecule has 0 saturated carbocycles. The Balaban J connectivity index is 2.20. The van der Waals surface area contributed by atoms with E-state index in [0.717, 1.165) is 5.56 Å². The predicted molar refractivity (Wildman–Crippen MR) is 105 cm³/mol. The zero-order chi connectivity index (χ0) is 19.4. The van der Waals surface area contributed by atoms with E-state index in [1.54, 1.807) is 12.1 Å². The molecule has 0 fully saturated rings. The lowest BCUT2D eigenvalue weighted by Gasteiger charge is -2.15. The van der Waals surface area contributed by atoms with Gasteiger partial charge in [-0.1, -0.05) is 29.3 Å². The van der Waals surface area contributed by atoms with E-state index in [9.17, 15) is 9.59 Å². The van der Waals surface area contributed by atoms with Gasteiger partial charge in [0.15, 0.2) is 10.9 Å². The molecule has 0 aliphatic rings. The second kappa shape index (κ2) is 8.35. The number of halogens is 2. The number of rotatable bonds is 4. The summed E-state index contributed by atoms with van der Waals surface area (Å²) in [7, 11) is 1.38. The quantitative estimate of drug-likeness (QED) is 0.654. The number of carbonyl (C=O) groups is 2. The maximum Gasteiger partial charge on any atom is 0.335 e. The molecule has 0 aromatic heterocycles. The van der Waals surface area contributed by atoms with E-state index >= 15 is 0 Å². The highest BCUT2D eigenvalue weighted by Crippen LogP contribution is 2.34. The van der Waals surface area contributed by atoms with Crippen LogP contribution in [0, 0.1) is 6.92 Å². The lowest BCUT2D eigenvalue weighted by atomic mass is 10.1. The Bertz CT molecular complexity index is 903. The molecule has 0 atom stereocenters. The first-order valence-corrected chi connectivity index (χ1v) is 8.38. The van der Waals surface area contributed by atoms with Crippen molar-refractivity contribution in [3.05, 3.63) is 57.1 Å². The number of amides is 1. The molecule has 2 rings (SSSR count). The average molecular weight is 413 g/mol. The highest BCUT2D eigenvalue weighted by Gasteiger charge is 2.16. The number of thiocarbonyl (C=S) groups is 1. The van der Waals surface area contributed by atoms with Gasteiger partial charge < -0.3 is 15.2 Å². The number of aromatic carboxylic acids is 1. The van der Waals surface area contributed by atoms with Gasteiger partial charge in [-0.15, -0.1) is 0 Å². The maximum absolute atomic E-state index is 12.3. The molecular weight excluding hydrogens is 399 g/mol. The smallest absolute Gasteiger partial charge is 0.335 e. The van der Waals surface area contributed by atoms with Crippen LogP contribution < -0.4 is 15.4 Å². The Hall–Kier alpha value is -2.35. The van der Waals surface area contributed by atoms with Crippen molar-refractivity contribution >= 4 is 58.1 Å². The van der Waals surface area contributed by atoms with Crippen LogP contribution in [0.15, 0.2) is 30.3 Å². The SMILES string of the molecule is COc1c(Cl)cc(C(=O)O)cc1NC(=S)NC(=O)c1ccc(C)c(Cl)c1. The first-order valence-electron chi connectivity index (χ1n) is 7.22. The standard InChI is InChI=1S/C17H14Cl2N2O4S/c1-8-3-4-9(5-11(8)18)15(22)21-17(26)20-13-7-10(16(23)24)6-12(19)14(13)25-2/h3-7H,1-2H3,(H,23,24)(H2,20,21,22,26). The third-order valence-electron chi connectivity index (χ3n) is 3.40. The number of hydrogen-bond donors (Lipinski definition) is 3. The van der Waals surface area contributed by atoms with Crippen LogP contribution in [0.1, 0.15) is 26.3 Å². The molecule has 26 heavy (non-hydrogen) atoms. The monoisotopic (exact) mass is 412 g/mol. The predicted octanol–water partition coefficient (Wildman–Crippen LogP) is 4.14. The van der Waals surface area contributed by atoms with Gasteiger partial charge in [-0.05, 0) is 49.0 Å². The molecule has 0 saturated heterocycles. The fourth-order valence-electron chi connectivity index (χ4n) is 2.08. The van der Waals surface area contributed by atoms with Gasteiger partial charge in [-0.3, -0.25) is 10.1 Å². The van der Waals surface area contributed by atoms with Crippen LogP contribution in [0.3, 0.4) is 0 Å². The lowest BCUT2D eigenvalue weighted by Crippen LogP contribution is -2.34. The van der Waals surface area contributed by atoms with Gasteiger partial charge in [-0.25, -0.2) is 4.79 Å². The van der Waals surface area contributed by atoms with Gasteiger partial charge in [0.05, 0.1) is 23.4 Å². The average Bonchev–Trinajstić information content (AvgIpc) is 2.56. The molecule has 1 amide bonds. The first kappa shape index (κ1) is 20.0. The maximum atomic E-state index is 12.3. The summed E-state index contributed by atoms with van der Waals surface area (Å²) in [6.45, 7) is 1.82. The second-order valence-corrected chi connectivity index (χ2v) is 6.44.